The standard InChI is InChI=1S/C19H17NS/c1-12-6-9-17-15(11-12)14-8-7-13(2)18(19(14)21-17)16-5-3-4-10-20-16/h3-11,16,20H,1-2H3. The minimum absolute atomic E-state index is 0.271. The van der Waals surface area contributed by atoms with Gasteiger partial charge in [0.05, 0.1) is 6.04 Å². The molecule has 2 aromatic carbocycles. The van der Waals surface area contributed by atoms with Crippen LogP contribution in [0.2, 0.25) is 0 Å². The van der Waals surface area contributed by atoms with Crippen molar-refractivity contribution in [3.63, 3.8) is 0 Å². The van der Waals surface area contributed by atoms with E-state index in [1.807, 2.05) is 23.6 Å². The molecule has 0 radical (unpaired) electrons. The van der Waals surface area contributed by atoms with Gasteiger partial charge in [-0.2, -0.15) is 0 Å². The molecule has 0 spiro atoms. The number of hydrogen-bond donors (Lipinski definition) is 1. The highest BCUT2D eigenvalue weighted by Crippen LogP contribution is 2.40. The van der Waals surface area contributed by atoms with Crippen LogP contribution in [-0.4, -0.2) is 0 Å². The zero-order valence-electron chi connectivity index (χ0n) is 12.2. The van der Waals surface area contributed by atoms with Crippen LogP contribution in [0.25, 0.3) is 20.2 Å². The molecule has 1 unspecified atom stereocenters. The highest BCUT2D eigenvalue weighted by Gasteiger charge is 2.17. The van der Waals surface area contributed by atoms with Crippen molar-refractivity contribution in [1.82, 2.24) is 5.32 Å². The van der Waals surface area contributed by atoms with Crippen LogP contribution in [0.4, 0.5) is 0 Å². The van der Waals surface area contributed by atoms with Gasteiger partial charge >= 0.3 is 0 Å². The fourth-order valence-electron chi connectivity index (χ4n) is 3.08. The van der Waals surface area contributed by atoms with Crippen LogP contribution in [-0.2, 0) is 0 Å². The lowest BCUT2D eigenvalue weighted by atomic mass is 9.97. The lowest BCUT2D eigenvalue weighted by Crippen LogP contribution is -2.16. The van der Waals surface area contributed by atoms with Gasteiger partial charge in [-0.1, -0.05) is 35.9 Å². The minimum atomic E-state index is 0.271. The molecule has 2 heteroatoms. The van der Waals surface area contributed by atoms with E-state index in [0.717, 1.165) is 0 Å². The Kier molecular flexibility index (Phi) is 2.86. The summed E-state index contributed by atoms with van der Waals surface area (Å²) in [5.74, 6) is 0. The van der Waals surface area contributed by atoms with E-state index < -0.39 is 0 Å². The number of hydrogen-bond acceptors (Lipinski definition) is 2. The Hall–Kier alpha value is -2.06. The molecule has 3 aromatic rings. The van der Waals surface area contributed by atoms with E-state index in [4.69, 9.17) is 0 Å². The average Bonchev–Trinajstić information content (AvgIpc) is 2.85. The summed E-state index contributed by atoms with van der Waals surface area (Å²) in [6, 6.07) is 11.5. The zero-order valence-corrected chi connectivity index (χ0v) is 13.0. The highest BCUT2D eigenvalue weighted by molar-refractivity contribution is 7.26. The molecule has 0 saturated heterocycles. The summed E-state index contributed by atoms with van der Waals surface area (Å²) in [7, 11) is 0. The second-order valence-electron chi connectivity index (χ2n) is 5.66. The van der Waals surface area contributed by atoms with Crippen LogP contribution >= 0.6 is 11.3 Å². The Labute approximate surface area is 128 Å². The summed E-state index contributed by atoms with van der Waals surface area (Å²) >= 11 is 1.91. The maximum absolute atomic E-state index is 3.46. The molecule has 0 fully saturated rings. The predicted molar refractivity (Wildman–Crippen MR) is 93.0 cm³/mol. The number of nitrogens with one attached hydrogen (secondary N) is 1. The van der Waals surface area contributed by atoms with Gasteiger partial charge < -0.3 is 5.32 Å². The average molecular weight is 291 g/mol. The zero-order chi connectivity index (χ0) is 14.4. The van der Waals surface area contributed by atoms with Crippen LogP contribution in [0, 0.1) is 13.8 Å². The third-order valence-corrected chi connectivity index (χ3v) is 5.37. The Morgan fingerprint density at radius 3 is 2.71 bits per heavy atom. The molecule has 21 heavy (non-hydrogen) atoms. The van der Waals surface area contributed by atoms with Crippen LogP contribution in [0.5, 0.6) is 0 Å². The van der Waals surface area contributed by atoms with Gasteiger partial charge in [-0.3, -0.25) is 0 Å². The van der Waals surface area contributed by atoms with Crippen molar-refractivity contribution < 1.29 is 0 Å². The maximum Gasteiger partial charge on any atom is 0.0712 e. The van der Waals surface area contributed by atoms with Crippen molar-refractivity contribution in [2.24, 2.45) is 0 Å². The molecule has 0 bridgehead atoms. The SMILES string of the molecule is Cc1ccc2sc3c(C4C=CC=CN4)c(C)ccc3c2c1. The van der Waals surface area contributed by atoms with Gasteiger partial charge in [0.25, 0.3) is 0 Å². The first-order valence-electron chi connectivity index (χ1n) is 7.26. The third kappa shape index (κ3) is 1.98. The molecular weight excluding hydrogens is 274 g/mol. The normalized spacial score (nSPS) is 17.5. The van der Waals surface area contributed by atoms with Crippen molar-refractivity contribution in [2.75, 3.05) is 0 Å². The highest BCUT2D eigenvalue weighted by atomic mass is 32.1. The summed E-state index contributed by atoms with van der Waals surface area (Å²) in [6.07, 6.45) is 8.43. The van der Waals surface area contributed by atoms with Crippen molar-refractivity contribution in [1.29, 1.82) is 0 Å². The molecule has 2 heterocycles. The van der Waals surface area contributed by atoms with E-state index in [1.165, 1.54) is 36.9 Å². The Balaban J connectivity index is 2.05. The molecule has 4 rings (SSSR count). The lowest BCUT2D eigenvalue weighted by molar-refractivity contribution is 0.748. The Morgan fingerprint density at radius 1 is 1.00 bits per heavy atom. The molecule has 1 atom stereocenters. The Bertz CT molecular complexity index is 899. The molecule has 0 aliphatic carbocycles. The number of thiophene rings is 1. The first-order chi connectivity index (χ1) is 10.2. The molecule has 0 saturated carbocycles. The monoisotopic (exact) mass is 291 g/mol. The quantitative estimate of drug-likeness (QED) is 0.634. The van der Waals surface area contributed by atoms with E-state index in [1.54, 1.807) is 0 Å². The summed E-state index contributed by atoms with van der Waals surface area (Å²) < 4.78 is 2.78. The summed E-state index contributed by atoms with van der Waals surface area (Å²) in [4.78, 5) is 0. The van der Waals surface area contributed by atoms with Crippen LogP contribution < -0.4 is 5.32 Å². The first kappa shape index (κ1) is 12.7. The van der Waals surface area contributed by atoms with Gasteiger partial charge in [0.1, 0.15) is 0 Å². The van der Waals surface area contributed by atoms with Gasteiger partial charge in [0.2, 0.25) is 0 Å². The number of aryl methyl sites for hydroxylation is 2. The van der Waals surface area contributed by atoms with Crippen LogP contribution in [0.3, 0.4) is 0 Å². The lowest BCUT2D eigenvalue weighted by Gasteiger charge is -2.19. The molecule has 104 valence electrons. The van der Waals surface area contributed by atoms with E-state index in [-0.39, 0.29) is 6.04 Å². The number of dihydropyridines is 1. The number of fused-ring (bicyclic) bond motifs is 3. The van der Waals surface area contributed by atoms with E-state index in [9.17, 15) is 0 Å². The van der Waals surface area contributed by atoms with Crippen molar-refractivity contribution >= 4 is 31.5 Å². The second kappa shape index (κ2) is 4.74. The number of allylic oxidation sites excluding steroid dienone is 2. The smallest absolute Gasteiger partial charge is 0.0712 e. The number of rotatable bonds is 1. The summed E-state index contributed by atoms with van der Waals surface area (Å²) in [6.45, 7) is 4.37. The van der Waals surface area contributed by atoms with Gasteiger partial charge in [0, 0.05) is 20.2 Å². The molecule has 1 nitrogen and oxygen atoms in total. The van der Waals surface area contributed by atoms with Crippen LogP contribution in [0.1, 0.15) is 22.7 Å². The molecule has 1 aromatic heterocycles. The Morgan fingerprint density at radius 2 is 1.90 bits per heavy atom. The maximum atomic E-state index is 3.46. The predicted octanol–water partition coefficient (Wildman–Crippen LogP) is 5.39. The van der Waals surface area contributed by atoms with Crippen molar-refractivity contribution in [3.8, 4) is 0 Å². The molecule has 1 aliphatic rings. The fraction of sp³-hybridized carbons (Fsp3) is 0.158. The van der Waals surface area contributed by atoms with Crippen molar-refractivity contribution in [2.45, 2.75) is 19.9 Å². The molecule has 1 aliphatic heterocycles. The largest absolute Gasteiger partial charge is 0.381 e. The van der Waals surface area contributed by atoms with E-state index >= 15 is 0 Å². The fourth-order valence-corrected chi connectivity index (χ4v) is 4.41. The second-order valence-corrected chi connectivity index (χ2v) is 6.72. The molecular formula is C19H17NS. The van der Waals surface area contributed by atoms with Crippen LogP contribution in [0.15, 0.2) is 54.8 Å². The van der Waals surface area contributed by atoms with E-state index in [2.05, 4.69) is 61.6 Å². The topological polar surface area (TPSA) is 12.0 Å². The summed E-state index contributed by atoms with van der Waals surface area (Å²) in [5, 5.41) is 6.22. The molecule has 0 amide bonds. The van der Waals surface area contributed by atoms with E-state index in [0.29, 0.717) is 0 Å². The van der Waals surface area contributed by atoms with Crippen molar-refractivity contribution in [3.05, 3.63) is 71.5 Å². The molecule has 1 N–H and O–H groups in total. The third-order valence-electron chi connectivity index (χ3n) is 4.15. The van der Waals surface area contributed by atoms with Gasteiger partial charge in [-0.15, -0.1) is 11.3 Å². The van der Waals surface area contributed by atoms with Gasteiger partial charge in [-0.05, 0) is 49.4 Å². The van der Waals surface area contributed by atoms with Gasteiger partial charge in [-0.25, -0.2) is 0 Å². The number of benzene rings is 2. The summed E-state index contributed by atoms with van der Waals surface area (Å²) in [5.41, 5.74) is 4.08. The van der Waals surface area contributed by atoms with Gasteiger partial charge in [0.15, 0.2) is 0 Å². The minimum Gasteiger partial charge on any atom is -0.381 e. The first-order valence-corrected chi connectivity index (χ1v) is 8.07.